The molecule has 0 aliphatic heterocycles. The van der Waals surface area contributed by atoms with Gasteiger partial charge < -0.3 is 35.4 Å². The SMILES string of the molecule is CNC(=O)C1=C(O)C2(O)C(=O)C3=C(O)c4c(O)c(C#Cc5ccc(OC)cc5)cc(N(C)C)c4CC3CC2C(N(C)C)C1=O. The molecule has 4 atom stereocenters. The van der Waals surface area contributed by atoms with Crippen LogP contribution in [0.2, 0.25) is 0 Å². The van der Waals surface area contributed by atoms with Crippen molar-refractivity contribution in [2.24, 2.45) is 11.8 Å². The Bertz CT molecular complexity index is 1710. The first-order valence-electron chi connectivity index (χ1n) is 14.1. The zero-order valence-electron chi connectivity index (χ0n) is 25.3. The lowest BCUT2D eigenvalue weighted by atomic mass is 9.57. The van der Waals surface area contributed by atoms with E-state index in [0.717, 1.165) is 0 Å². The van der Waals surface area contributed by atoms with Gasteiger partial charge in [0, 0.05) is 43.9 Å². The number of ether oxygens (including phenoxy) is 1. The molecule has 1 fully saturated rings. The van der Waals surface area contributed by atoms with Crippen LogP contribution in [0.1, 0.15) is 28.7 Å². The molecule has 0 saturated heterocycles. The van der Waals surface area contributed by atoms with E-state index in [2.05, 4.69) is 17.2 Å². The molecule has 3 aliphatic carbocycles. The van der Waals surface area contributed by atoms with E-state index in [4.69, 9.17) is 4.74 Å². The van der Waals surface area contributed by atoms with Crippen LogP contribution in [0.15, 0.2) is 47.2 Å². The number of aliphatic hydroxyl groups excluding tert-OH is 2. The molecule has 1 saturated carbocycles. The molecule has 0 bridgehead atoms. The number of phenolic OH excluding ortho intramolecular Hbond substituents is 1. The van der Waals surface area contributed by atoms with E-state index in [1.165, 1.54) is 11.9 Å². The molecule has 11 nitrogen and oxygen atoms in total. The Kier molecular flexibility index (Phi) is 7.70. The maximum Gasteiger partial charge on any atom is 0.258 e. The first-order valence-corrected chi connectivity index (χ1v) is 14.1. The minimum absolute atomic E-state index is 0.00270. The predicted molar refractivity (Wildman–Crippen MR) is 162 cm³/mol. The highest BCUT2D eigenvalue weighted by Gasteiger charge is 2.64. The molecule has 0 spiro atoms. The summed E-state index contributed by atoms with van der Waals surface area (Å²) in [6, 6.07) is 7.64. The lowest BCUT2D eigenvalue weighted by Crippen LogP contribution is -2.65. The number of methoxy groups -OCH3 is 1. The van der Waals surface area contributed by atoms with Crippen LogP contribution in [0.25, 0.3) is 5.76 Å². The highest BCUT2D eigenvalue weighted by Crippen LogP contribution is 2.54. The number of Topliss-reactive ketones (excluding diaryl/α,β-unsaturated/α-hetero) is 2. The smallest absolute Gasteiger partial charge is 0.258 e. The number of nitrogens with one attached hydrogen (secondary N) is 1. The van der Waals surface area contributed by atoms with Crippen LogP contribution in [0.4, 0.5) is 5.69 Å². The van der Waals surface area contributed by atoms with Crippen molar-refractivity contribution in [2.45, 2.75) is 24.5 Å². The highest BCUT2D eigenvalue weighted by atomic mass is 16.5. The van der Waals surface area contributed by atoms with Gasteiger partial charge >= 0.3 is 0 Å². The highest BCUT2D eigenvalue weighted by molar-refractivity contribution is 6.25. The number of nitrogens with zero attached hydrogens (tertiary/aromatic N) is 2. The van der Waals surface area contributed by atoms with Crippen molar-refractivity contribution in [1.29, 1.82) is 0 Å². The molecule has 2 aromatic rings. The Morgan fingerprint density at radius 1 is 1.07 bits per heavy atom. The van der Waals surface area contributed by atoms with Crippen LogP contribution in [0.5, 0.6) is 11.5 Å². The van der Waals surface area contributed by atoms with Crippen molar-refractivity contribution >= 4 is 28.9 Å². The third kappa shape index (κ3) is 4.49. The van der Waals surface area contributed by atoms with Crippen molar-refractivity contribution in [3.8, 4) is 23.3 Å². The van der Waals surface area contributed by atoms with Crippen molar-refractivity contribution in [3.63, 3.8) is 0 Å². The summed E-state index contributed by atoms with van der Waals surface area (Å²) in [5.41, 5.74) is -1.46. The van der Waals surface area contributed by atoms with Gasteiger partial charge in [-0.1, -0.05) is 11.8 Å². The predicted octanol–water partition coefficient (Wildman–Crippen LogP) is 1.70. The third-order valence-electron chi connectivity index (χ3n) is 8.82. The number of carbonyl (C=O) groups is 3. The lowest BCUT2D eigenvalue weighted by Gasteiger charge is -2.50. The lowest BCUT2D eigenvalue weighted by molar-refractivity contribution is -0.153. The van der Waals surface area contributed by atoms with E-state index < -0.39 is 58.0 Å². The van der Waals surface area contributed by atoms with E-state index in [0.29, 0.717) is 22.6 Å². The largest absolute Gasteiger partial charge is 0.508 e. The van der Waals surface area contributed by atoms with Crippen molar-refractivity contribution in [2.75, 3.05) is 47.2 Å². The fourth-order valence-corrected chi connectivity index (χ4v) is 6.71. The summed E-state index contributed by atoms with van der Waals surface area (Å²) in [5, 5.41) is 48.5. The van der Waals surface area contributed by atoms with Crippen molar-refractivity contribution < 1.29 is 39.5 Å². The van der Waals surface area contributed by atoms with Gasteiger partial charge in [0.25, 0.3) is 5.91 Å². The Morgan fingerprint density at radius 3 is 2.30 bits per heavy atom. The number of aromatic hydroxyl groups is 1. The first-order chi connectivity index (χ1) is 20.8. The van der Waals surface area contributed by atoms with Gasteiger partial charge in [-0.05, 0) is 68.8 Å². The quantitative estimate of drug-likeness (QED) is 0.258. The zero-order valence-corrected chi connectivity index (χ0v) is 25.3. The van der Waals surface area contributed by atoms with Gasteiger partial charge in [-0.25, -0.2) is 0 Å². The van der Waals surface area contributed by atoms with Gasteiger partial charge in [-0.3, -0.25) is 19.3 Å². The monoisotopic (exact) mass is 601 g/mol. The Hall–Kier alpha value is -4.79. The van der Waals surface area contributed by atoms with Gasteiger partial charge in [0.1, 0.15) is 28.6 Å². The van der Waals surface area contributed by atoms with Crippen molar-refractivity contribution in [3.05, 3.63) is 69.5 Å². The molecule has 3 aliphatic rings. The zero-order chi connectivity index (χ0) is 32.2. The molecule has 44 heavy (non-hydrogen) atoms. The van der Waals surface area contributed by atoms with E-state index in [-0.39, 0.29) is 35.3 Å². The van der Waals surface area contributed by atoms with Crippen LogP contribution in [0, 0.1) is 23.7 Å². The number of amides is 1. The van der Waals surface area contributed by atoms with E-state index in [1.54, 1.807) is 65.6 Å². The van der Waals surface area contributed by atoms with Crippen LogP contribution in [0.3, 0.4) is 0 Å². The molecule has 11 heteroatoms. The number of rotatable bonds is 4. The van der Waals surface area contributed by atoms with Crippen LogP contribution in [-0.2, 0) is 20.8 Å². The van der Waals surface area contributed by atoms with Gasteiger partial charge in [-0.2, -0.15) is 0 Å². The number of hydrogen-bond donors (Lipinski definition) is 5. The number of phenols is 1. The minimum Gasteiger partial charge on any atom is -0.508 e. The number of aliphatic hydroxyl groups is 3. The Balaban J connectivity index is 1.70. The molecule has 5 rings (SSSR count). The van der Waals surface area contributed by atoms with Gasteiger partial charge in [0.05, 0.1) is 24.3 Å². The number of ketones is 2. The van der Waals surface area contributed by atoms with Crippen LogP contribution in [-0.4, -0.2) is 96.8 Å². The summed E-state index contributed by atoms with van der Waals surface area (Å²) in [7, 11) is 9.61. The summed E-state index contributed by atoms with van der Waals surface area (Å²) in [5.74, 6) is 0.230. The first kappa shape index (κ1) is 30.7. The van der Waals surface area contributed by atoms with Crippen LogP contribution >= 0.6 is 0 Å². The molecule has 1 amide bonds. The van der Waals surface area contributed by atoms with Gasteiger partial charge in [0.15, 0.2) is 11.4 Å². The maximum absolute atomic E-state index is 14.2. The molecule has 2 aromatic carbocycles. The molecule has 0 aromatic heterocycles. The minimum atomic E-state index is -2.66. The second-order valence-electron chi connectivity index (χ2n) is 11.7. The van der Waals surface area contributed by atoms with Crippen LogP contribution < -0.4 is 15.0 Å². The molecule has 5 N–H and O–H groups in total. The topological polar surface area (TPSA) is 160 Å². The Morgan fingerprint density at radius 2 is 1.73 bits per heavy atom. The molecule has 4 unspecified atom stereocenters. The molecule has 0 heterocycles. The summed E-state index contributed by atoms with van der Waals surface area (Å²) >= 11 is 0. The maximum atomic E-state index is 14.2. The third-order valence-corrected chi connectivity index (χ3v) is 8.82. The fraction of sp³-hybridized carbons (Fsp3) is 0.364. The number of hydrogen-bond acceptors (Lipinski definition) is 10. The number of anilines is 1. The number of fused-ring (bicyclic) bond motifs is 3. The second-order valence-corrected chi connectivity index (χ2v) is 11.7. The average Bonchev–Trinajstić information content (AvgIpc) is 2.98. The second kappa shape index (κ2) is 11.0. The van der Waals surface area contributed by atoms with Gasteiger partial charge in [-0.15, -0.1) is 0 Å². The Labute approximate surface area is 255 Å². The standard InChI is InChI=1S/C33H35N3O8/c1-34-32(42)25-29(39)26(36(4)5)21-14-18-13-20-22(35(2)3)15-17(10-7-16-8-11-19(44-6)12-9-16)27(37)24(20)28(38)23(18)30(40)33(21,43)31(25)41/h8-9,11-12,15,18,21,26,37-38,41,43H,13-14H2,1-6H3,(H,34,42). The summed E-state index contributed by atoms with van der Waals surface area (Å²) < 4.78 is 5.18. The normalized spacial score (nSPS) is 24.2. The summed E-state index contributed by atoms with van der Waals surface area (Å²) in [4.78, 5) is 43.6. The molecular formula is C33H35N3O8. The number of carbonyl (C=O) groups excluding carboxylic acids is 3. The van der Waals surface area contributed by atoms with Crippen molar-refractivity contribution in [1.82, 2.24) is 10.2 Å². The molecule has 0 radical (unpaired) electrons. The van der Waals surface area contributed by atoms with Gasteiger partial charge in [0.2, 0.25) is 5.78 Å². The molecule has 230 valence electrons. The molecular weight excluding hydrogens is 566 g/mol. The van der Waals surface area contributed by atoms with E-state index >= 15 is 0 Å². The number of likely N-dealkylation sites (N-methyl/N-ethyl adjacent to an activating group) is 2. The van der Waals surface area contributed by atoms with E-state index in [9.17, 15) is 34.8 Å². The van der Waals surface area contributed by atoms with E-state index in [1.807, 2.05) is 4.90 Å². The average molecular weight is 602 g/mol. The number of benzene rings is 2. The summed E-state index contributed by atoms with van der Waals surface area (Å²) in [6.07, 6.45) is 0.231. The fourth-order valence-electron chi connectivity index (χ4n) is 6.71. The summed E-state index contributed by atoms with van der Waals surface area (Å²) in [6.45, 7) is 0.